The average Bonchev–Trinajstić information content (AvgIpc) is 3.03. The summed E-state index contributed by atoms with van der Waals surface area (Å²) in [5.41, 5.74) is 0. The van der Waals surface area contributed by atoms with Crippen LogP contribution in [0, 0.1) is 5.92 Å². The Balaban J connectivity index is 1.59. The Bertz CT molecular complexity index is 211. The maximum Gasteiger partial charge on any atom is 0.0124 e. The molecule has 1 aliphatic heterocycles. The van der Waals surface area contributed by atoms with Gasteiger partial charge in [0, 0.05) is 6.04 Å². The minimum absolute atomic E-state index is 0.955. The van der Waals surface area contributed by atoms with Crippen LogP contribution in [0.15, 0.2) is 0 Å². The monoisotopic (exact) mass is 252 g/mol. The van der Waals surface area contributed by atoms with E-state index in [0.717, 1.165) is 12.0 Å². The van der Waals surface area contributed by atoms with Gasteiger partial charge in [-0.2, -0.15) is 0 Å². The third-order valence-electron chi connectivity index (χ3n) is 4.83. The molecule has 18 heavy (non-hydrogen) atoms. The molecule has 2 rings (SSSR count). The van der Waals surface area contributed by atoms with Crippen LogP contribution in [0.4, 0.5) is 0 Å². The van der Waals surface area contributed by atoms with E-state index in [1.54, 1.807) is 0 Å². The fraction of sp³-hybridized carbons (Fsp3) is 1.00. The topological polar surface area (TPSA) is 15.3 Å². The van der Waals surface area contributed by atoms with Crippen LogP contribution in [0.5, 0.6) is 0 Å². The third-order valence-corrected chi connectivity index (χ3v) is 4.83. The molecule has 1 heterocycles. The molecule has 106 valence electrons. The van der Waals surface area contributed by atoms with Gasteiger partial charge in [0.25, 0.3) is 0 Å². The van der Waals surface area contributed by atoms with E-state index in [-0.39, 0.29) is 0 Å². The molecule has 0 aromatic carbocycles. The van der Waals surface area contributed by atoms with E-state index in [1.807, 2.05) is 0 Å². The van der Waals surface area contributed by atoms with Crippen LogP contribution in [-0.2, 0) is 0 Å². The van der Waals surface area contributed by atoms with Crippen LogP contribution in [0.1, 0.15) is 64.7 Å². The molecule has 0 radical (unpaired) electrons. The predicted molar refractivity (Wildman–Crippen MR) is 78.9 cm³/mol. The molecular formula is C16H32N2. The summed E-state index contributed by atoms with van der Waals surface area (Å²) in [7, 11) is 0. The highest BCUT2D eigenvalue weighted by Gasteiger charge is 2.32. The van der Waals surface area contributed by atoms with Gasteiger partial charge >= 0.3 is 0 Å². The molecule has 0 bridgehead atoms. The number of unbranched alkanes of at least 4 members (excludes halogenated alkanes) is 1. The van der Waals surface area contributed by atoms with Crippen molar-refractivity contribution >= 4 is 0 Å². The lowest BCUT2D eigenvalue weighted by molar-refractivity contribution is 0.187. The summed E-state index contributed by atoms with van der Waals surface area (Å²) >= 11 is 0. The molecule has 2 heteroatoms. The van der Waals surface area contributed by atoms with Gasteiger partial charge < -0.3 is 10.2 Å². The van der Waals surface area contributed by atoms with Crippen molar-refractivity contribution in [1.82, 2.24) is 10.2 Å². The van der Waals surface area contributed by atoms with E-state index in [9.17, 15) is 0 Å². The lowest BCUT2D eigenvalue weighted by Gasteiger charge is -2.29. The smallest absolute Gasteiger partial charge is 0.0124 e. The standard InChI is InChI=1S/C16H32N2/c1-2-11-17-12-5-6-13-18-14-7-10-16(18)15-8-3-4-9-15/h15-17H,2-14H2,1H3. The molecule has 0 spiro atoms. The van der Waals surface area contributed by atoms with E-state index in [0.29, 0.717) is 0 Å². The summed E-state index contributed by atoms with van der Waals surface area (Å²) < 4.78 is 0. The van der Waals surface area contributed by atoms with Crippen LogP contribution in [0.2, 0.25) is 0 Å². The first-order valence-electron chi connectivity index (χ1n) is 8.36. The maximum absolute atomic E-state index is 3.51. The van der Waals surface area contributed by atoms with Crippen LogP contribution < -0.4 is 5.32 Å². The number of nitrogens with one attached hydrogen (secondary N) is 1. The van der Waals surface area contributed by atoms with Crippen molar-refractivity contribution in [1.29, 1.82) is 0 Å². The van der Waals surface area contributed by atoms with E-state index in [4.69, 9.17) is 0 Å². The van der Waals surface area contributed by atoms with Crippen molar-refractivity contribution in [3.63, 3.8) is 0 Å². The highest BCUT2D eigenvalue weighted by atomic mass is 15.2. The van der Waals surface area contributed by atoms with Crippen molar-refractivity contribution in [2.75, 3.05) is 26.2 Å². The van der Waals surface area contributed by atoms with Crippen molar-refractivity contribution in [3.05, 3.63) is 0 Å². The Morgan fingerprint density at radius 3 is 2.61 bits per heavy atom. The molecule has 1 saturated carbocycles. The molecule has 1 unspecified atom stereocenters. The molecule has 2 aliphatic rings. The van der Waals surface area contributed by atoms with Gasteiger partial charge in [0.05, 0.1) is 0 Å². The van der Waals surface area contributed by atoms with Gasteiger partial charge in [-0.05, 0) is 77.0 Å². The van der Waals surface area contributed by atoms with E-state index in [1.165, 1.54) is 84.0 Å². The van der Waals surface area contributed by atoms with E-state index < -0.39 is 0 Å². The van der Waals surface area contributed by atoms with Crippen molar-refractivity contribution in [3.8, 4) is 0 Å². The number of nitrogens with zero attached hydrogens (tertiary/aromatic N) is 1. The molecule has 1 N–H and O–H groups in total. The van der Waals surface area contributed by atoms with Crippen LogP contribution >= 0.6 is 0 Å². The summed E-state index contributed by atoms with van der Waals surface area (Å²) in [6.45, 7) is 7.38. The van der Waals surface area contributed by atoms with Gasteiger partial charge in [-0.25, -0.2) is 0 Å². The fourth-order valence-corrected chi connectivity index (χ4v) is 3.87. The summed E-state index contributed by atoms with van der Waals surface area (Å²) in [6, 6.07) is 0.955. The molecule has 1 atom stereocenters. The summed E-state index contributed by atoms with van der Waals surface area (Å²) in [4.78, 5) is 2.82. The molecule has 0 aromatic heterocycles. The molecule has 1 aliphatic carbocycles. The van der Waals surface area contributed by atoms with Gasteiger partial charge in [0.2, 0.25) is 0 Å². The lowest BCUT2D eigenvalue weighted by Crippen LogP contribution is -2.35. The first-order chi connectivity index (χ1) is 8.92. The third kappa shape index (κ3) is 4.24. The van der Waals surface area contributed by atoms with Crippen molar-refractivity contribution in [2.24, 2.45) is 5.92 Å². The highest BCUT2D eigenvalue weighted by molar-refractivity contribution is 4.87. The lowest BCUT2D eigenvalue weighted by atomic mass is 9.96. The zero-order valence-corrected chi connectivity index (χ0v) is 12.3. The minimum atomic E-state index is 0.955. The van der Waals surface area contributed by atoms with Crippen LogP contribution in [0.25, 0.3) is 0 Å². The summed E-state index contributed by atoms with van der Waals surface area (Å²) in [6.07, 6.45) is 13.0. The molecule has 0 amide bonds. The Morgan fingerprint density at radius 1 is 1.00 bits per heavy atom. The Labute approximate surface area is 114 Å². The Kier molecular flexibility index (Phi) is 6.50. The number of hydrogen-bond acceptors (Lipinski definition) is 2. The van der Waals surface area contributed by atoms with E-state index >= 15 is 0 Å². The molecule has 1 saturated heterocycles. The number of hydrogen-bond donors (Lipinski definition) is 1. The second-order valence-electron chi connectivity index (χ2n) is 6.25. The first kappa shape index (κ1) is 14.3. The van der Waals surface area contributed by atoms with Crippen LogP contribution in [0.3, 0.4) is 0 Å². The predicted octanol–water partition coefficient (Wildman–Crippen LogP) is 3.42. The van der Waals surface area contributed by atoms with Gasteiger partial charge in [0.1, 0.15) is 0 Å². The second kappa shape index (κ2) is 8.16. The van der Waals surface area contributed by atoms with Gasteiger partial charge in [-0.3, -0.25) is 0 Å². The fourth-order valence-electron chi connectivity index (χ4n) is 3.87. The van der Waals surface area contributed by atoms with E-state index in [2.05, 4.69) is 17.1 Å². The SMILES string of the molecule is CCCNCCCCN1CCCC1C1CCCC1. The largest absolute Gasteiger partial charge is 0.317 e. The number of rotatable bonds is 8. The number of likely N-dealkylation sites (tertiary alicyclic amines) is 1. The molecule has 2 fully saturated rings. The van der Waals surface area contributed by atoms with Gasteiger partial charge in [0.15, 0.2) is 0 Å². The second-order valence-corrected chi connectivity index (χ2v) is 6.25. The minimum Gasteiger partial charge on any atom is -0.317 e. The Hall–Kier alpha value is -0.0800. The van der Waals surface area contributed by atoms with Crippen molar-refractivity contribution < 1.29 is 0 Å². The first-order valence-corrected chi connectivity index (χ1v) is 8.36. The maximum atomic E-state index is 3.51. The Morgan fingerprint density at radius 2 is 1.83 bits per heavy atom. The highest BCUT2D eigenvalue weighted by Crippen LogP contribution is 2.35. The quantitative estimate of drug-likeness (QED) is 0.666. The molecule has 0 aromatic rings. The van der Waals surface area contributed by atoms with Crippen LogP contribution in [-0.4, -0.2) is 37.1 Å². The van der Waals surface area contributed by atoms with Crippen molar-refractivity contribution in [2.45, 2.75) is 70.8 Å². The zero-order valence-electron chi connectivity index (χ0n) is 12.3. The summed E-state index contributed by atoms with van der Waals surface area (Å²) in [5.74, 6) is 1.05. The zero-order chi connectivity index (χ0) is 12.6. The molecule has 2 nitrogen and oxygen atoms in total. The van der Waals surface area contributed by atoms with Gasteiger partial charge in [-0.1, -0.05) is 19.8 Å². The van der Waals surface area contributed by atoms with Gasteiger partial charge in [-0.15, -0.1) is 0 Å². The average molecular weight is 252 g/mol. The summed E-state index contributed by atoms with van der Waals surface area (Å²) in [5, 5.41) is 3.51. The normalized spacial score (nSPS) is 26.2. The molecular weight excluding hydrogens is 220 g/mol.